The molecule has 0 aromatic carbocycles. The highest BCUT2D eigenvalue weighted by atomic mass is 16.5. The Morgan fingerprint density at radius 1 is 1.45 bits per heavy atom. The molecule has 0 saturated carbocycles. The third kappa shape index (κ3) is 4.41. The van der Waals surface area contributed by atoms with Gasteiger partial charge in [0.1, 0.15) is 6.04 Å². The zero-order chi connectivity index (χ0) is 14.6. The lowest BCUT2D eigenvalue weighted by Gasteiger charge is -2.38. The number of carbonyl (C=O) groups is 1. The molecule has 20 heavy (non-hydrogen) atoms. The number of hydrogen-bond donors (Lipinski definition) is 2. The molecule has 6 nitrogen and oxygen atoms in total. The van der Waals surface area contributed by atoms with Crippen LogP contribution in [0.1, 0.15) is 13.8 Å². The van der Waals surface area contributed by atoms with Crippen LogP contribution in [0.25, 0.3) is 0 Å². The number of amides is 1. The van der Waals surface area contributed by atoms with Crippen LogP contribution in [0, 0.1) is 0 Å². The first-order chi connectivity index (χ1) is 9.48. The number of hydrogen-bond acceptors (Lipinski definition) is 5. The van der Waals surface area contributed by atoms with Gasteiger partial charge in [-0.3, -0.25) is 14.6 Å². The van der Waals surface area contributed by atoms with Crippen LogP contribution in [-0.2, 0) is 9.53 Å². The number of nitrogens with one attached hydrogen (secondary N) is 2. The van der Waals surface area contributed by atoms with Gasteiger partial charge >= 0.3 is 0 Å². The van der Waals surface area contributed by atoms with Crippen LogP contribution in [0.3, 0.4) is 0 Å². The Bertz CT molecular complexity index is 335. The summed E-state index contributed by atoms with van der Waals surface area (Å²) in [6.45, 7) is 11.1. The summed E-state index contributed by atoms with van der Waals surface area (Å²) in [7, 11) is 2.01. The molecule has 0 aliphatic carbocycles. The molecular formula is C14H28N4O2. The minimum Gasteiger partial charge on any atom is -0.373 e. The Kier molecular flexibility index (Phi) is 5.37. The van der Waals surface area contributed by atoms with E-state index < -0.39 is 0 Å². The predicted octanol–water partition coefficient (Wildman–Crippen LogP) is -0.883. The van der Waals surface area contributed by atoms with Crippen molar-refractivity contribution >= 4 is 5.91 Å². The van der Waals surface area contributed by atoms with Crippen molar-refractivity contribution in [2.24, 2.45) is 0 Å². The summed E-state index contributed by atoms with van der Waals surface area (Å²) in [5.41, 5.74) is -0.0736. The molecule has 1 atom stereocenters. The molecule has 2 heterocycles. The second-order valence-corrected chi connectivity index (χ2v) is 6.38. The lowest BCUT2D eigenvalue weighted by atomic mass is 10.1. The van der Waals surface area contributed by atoms with E-state index in [1.165, 1.54) is 0 Å². The number of rotatable bonds is 4. The molecule has 2 fully saturated rings. The average Bonchev–Trinajstić information content (AvgIpc) is 2.38. The van der Waals surface area contributed by atoms with Gasteiger partial charge in [0.15, 0.2) is 0 Å². The third-order valence-corrected chi connectivity index (χ3v) is 4.05. The van der Waals surface area contributed by atoms with Crippen LogP contribution in [0.5, 0.6) is 0 Å². The van der Waals surface area contributed by atoms with E-state index >= 15 is 0 Å². The van der Waals surface area contributed by atoms with Crippen LogP contribution in [0.4, 0.5) is 0 Å². The largest absolute Gasteiger partial charge is 0.373 e. The fourth-order valence-corrected chi connectivity index (χ4v) is 2.86. The van der Waals surface area contributed by atoms with Crippen LogP contribution in [0.15, 0.2) is 0 Å². The quantitative estimate of drug-likeness (QED) is 0.702. The maximum absolute atomic E-state index is 12.1. The molecule has 116 valence electrons. The van der Waals surface area contributed by atoms with Gasteiger partial charge in [-0.1, -0.05) is 0 Å². The van der Waals surface area contributed by atoms with Gasteiger partial charge in [-0.15, -0.1) is 0 Å². The first-order valence-electron chi connectivity index (χ1n) is 7.53. The van der Waals surface area contributed by atoms with Crippen molar-refractivity contribution in [3.63, 3.8) is 0 Å². The highest BCUT2D eigenvalue weighted by Crippen LogP contribution is 2.15. The number of morpholine rings is 1. The zero-order valence-corrected chi connectivity index (χ0v) is 12.9. The van der Waals surface area contributed by atoms with Crippen molar-refractivity contribution in [2.75, 3.05) is 59.5 Å². The number of carbonyl (C=O) groups excluding carboxylic acids is 1. The summed E-state index contributed by atoms with van der Waals surface area (Å²) in [4.78, 5) is 16.6. The number of nitrogens with zero attached hydrogens (tertiary/aromatic N) is 2. The summed E-state index contributed by atoms with van der Waals surface area (Å²) in [6, 6.07) is -0.0371. The maximum atomic E-state index is 12.1. The Morgan fingerprint density at radius 2 is 2.25 bits per heavy atom. The SMILES string of the molecule is CN1CCNCC1C(=O)NCCN1CCOC(C)(C)C1. The molecule has 2 saturated heterocycles. The Balaban J connectivity index is 1.68. The summed E-state index contributed by atoms with van der Waals surface area (Å²) in [5, 5.41) is 6.32. The van der Waals surface area contributed by atoms with E-state index in [1.807, 2.05) is 7.05 Å². The molecule has 0 bridgehead atoms. The molecule has 0 spiro atoms. The van der Waals surface area contributed by atoms with Gasteiger partial charge in [0.25, 0.3) is 0 Å². The van der Waals surface area contributed by atoms with Crippen molar-refractivity contribution in [1.29, 1.82) is 0 Å². The molecular weight excluding hydrogens is 256 g/mol. The summed E-state index contributed by atoms with van der Waals surface area (Å²) in [6.07, 6.45) is 0. The standard InChI is InChI=1S/C14H28N4O2/c1-14(2)11-18(8-9-20-14)7-5-16-13(19)12-10-15-4-6-17(12)3/h12,15H,4-11H2,1-3H3,(H,16,19). The van der Waals surface area contributed by atoms with Gasteiger partial charge in [0.2, 0.25) is 5.91 Å². The van der Waals surface area contributed by atoms with Gasteiger partial charge < -0.3 is 15.4 Å². The smallest absolute Gasteiger partial charge is 0.238 e. The normalized spacial score (nSPS) is 28.2. The van der Waals surface area contributed by atoms with Gasteiger partial charge in [-0.25, -0.2) is 0 Å². The minimum absolute atomic E-state index is 0.0371. The molecule has 2 N–H and O–H groups in total. The van der Waals surface area contributed by atoms with E-state index in [0.29, 0.717) is 6.54 Å². The Morgan fingerprint density at radius 3 is 2.95 bits per heavy atom. The molecule has 2 aliphatic heterocycles. The van der Waals surface area contributed by atoms with Crippen molar-refractivity contribution in [2.45, 2.75) is 25.5 Å². The molecule has 2 rings (SSSR count). The molecule has 1 unspecified atom stereocenters. The summed E-state index contributed by atoms with van der Waals surface area (Å²) >= 11 is 0. The molecule has 0 aromatic rings. The van der Waals surface area contributed by atoms with Crippen LogP contribution < -0.4 is 10.6 Å². The average molecular weight is 284 g/mol. The van der Waals surface area contributed by atoms with E-state index in [4.69, 9.17) is 4.74 Å². The fraction of sp³-hybridized carbons (Fsp3) is 0.929. The molecule has 1 amide bonds. The highest BCUT2D eigenvalue weighted by molar-refractivity contribution is 5.82. The molecule has 6 heteroatoms. The third-order valence-electron chi connectivity index (χ3n) is 4.05. The topological polar surface area (TPSA) is 56.8 Å². The van der Waals surface area contributed by atoms with Crippen LogP contribution >= 0.6 is 0 Å². The lowest BCUT2D eigenvalue weighted by molar-refractivity contribution is -0.126. The van der Waals surface area contributed by atoms with Crippen molar-refractivity contribution < 1.29 is 9.53 Å². The molecule has 0 aromatic heterocycles. The van der Waals surface area contributed by atoms with Gasteiger partial charge in [-0.2, -0.15) is 0 Å². The first-order valence-corrected chi connectivity index (χ1v) is 7.53. The summed E-state index contributed by atoms with van der Waals surface area (Å²) < 4.78 is 5.69. The molecule has 0 radical (unpaired) electrons. The van der Waals surface area contributed by atoms with Gasteiger partial charge in [0.05, 0.1) is 12.2 Å². The maximum Gasteiger partial charge on any atom is 0.238 e. The van der Waals surface area contributed by atoms with E-state index in [1.54, 1.807) is 0 Å². The van der Waals surface area contributed by atoms with Crippen LogP contribution in [0.2, 0.25) is 0 Å². The van der Waals surface area contributed by atoms with E-state index in [-0.39, 0.29) is 17.6 Å². The van der Waals surface area contributed by atoms with Gasteiger partial charge in [0, 0.05) is 45.8 Å². The Labute approximate surface area is 121 Å². The summed E-state index contributed by atoms with van der Waals surface area (Å²) in [5.74, 6) is 0.132. The van der Waals surface area contributed by atoms with E-state index in [0.717, 1.165) is 45.9 Å². The van der Waals surface area contributed by atoms with Crippen LogP contribution in [-0.4, -0.2) is 86.8 Å². The Hall–Kier alpha value is -0.690. The first kappa shape index (κ1) is 15.7. The highest BCUT2D eigenvalue weighted by Gasteiger charge is 2.28. The second kappa shape index (κ2) is 6.85. The van der Waals surface area contributed by atoms with E-state index in [9.17, 15) is 4.79 Å². The number of ether oxygens (including phenoxy) is 1. The minimum atomic E-state index is -0.0736. The zero-order valence-electron chi connectivity index (χ0n) is 12.9. The molecule has 2 aliphatic rings. The number of piperazine rings is 1. The number of likely N-dealkylation sites (N-methyl/N-ethyl adjacent to an activating group) is 1. The van der Waals surface area contributed by atoms with Crippen molar-refractivity contribution in [1.82, 2.24) is 20.4 Å². The predicted molar refractivity (Wildman–Crippen MR) is 78.8 cm³/mol. The lowest BCUT2D eigenvalue weighted by Crippen LogP contribution is -2.57. The van der Waals surface area contributed by atoms with E-state index in [2.05, 4.69) is 34.3 Å². The second-order valence-electron chi connectivity index (χ2n) is 6.38. The van der Waals surface area contributed by atoms with Crippen molar-refractivity contribution in [3.05, 3.63) is 0 Å². The van der Waals surface area contributed by atoms with Gasteiger partial charge in [-0.05, 0) is 20.9 Å². The fourth-order valence-electron chi connectivity index (χ4n) is 2.86. The van der Waals surface area contributed by atoms with Crippen molar-refractivity contribution in [3.8, 4) is 0 Å². The monoisotopic (exact) mass is 284 g/mol.